The number of carbonyl (C=O) groups is 1. The molecule has 0 rings (SSSR count). The molecule has 0 saturated heterocycles. The van der Waals surface area contributed by atoms with E-state index in [4.69, 9.17) is 5.73 Å². The third kappa shape index (κ3) is 6.11. The predicted molar refractivity (Wildman–Crippen MR) is 69.2 cm³/mol. The summed E-state index contributed by atoms with van der Waals surface area (Å²) in [5.74, 6) is 1.47. The van der Waals surface area contributed by atoms with Crippen molar-refractivity contribution in [3.63, 3.8) is 0 Å². The van der Waals surface area contributed by atoms with Crippen molar-refractivity contribution in [2.75, 3.05) is 20.1 Å². The third-order valence-corrected chi connectivity index (χ3v) is 3.19. The molecule has 0 aliphatic carbocycles. The molecule has 16 heavy (non-hydrogen) atoms. The van der Waals surface area contributed by atoms with E-state index in [0.29, 0.717) is 18.3 Å². The number of amides is 1. The summed E-state index contributed by atoms with van der Waals surface area (Å²) in [7, 11) is 1.89. The molecule has 0 aromatic heterocycles. The molecular formula is C13H28N2O. The van der Waals surface area contributed by atoms with Crippen molar-refractivity contribution in [1.82, 2.24) is 4.90 Å². The van der Waals surface area contributed by atoms with E-state index < -0.39 is 0 Å². The normalized spacial score (nSPS) is 12.9. The Morgan fingerprint density at radius 3 is 2.38 bits per heavy atom. The lowest BCUT2D eigenvalue weighted by Crippen LogP contribution is -2.28. The summed E-state index contributed by atoms with van der Waals surface area (Å²) in [6.07, 6.45) is 3.70. The molecule has 0 radical (unpaired) electrons. The van der Waals surface area contributed by atoms with Crippen LogP contribution in [0.2, 0.25) is 0 Å². The molecule has 0 aliphatic heterocycles. The van der Waals surface area contributed by atoms with Crippen molar-refractivity contribution in [2.24, 2.45) is 17.6 Å². The van der Waals surface area contributed by atoms with Gasteiger partial charge in [-0.2, -0.15) is 0 Å². The molecule has 3 nitrogen and oxygen atoms in total. The number of nitrogens with two attached hydrogens (primary N) is 1. The van der Waals surface area contributed by atoms with E-state index in [1.807, 2.05) is 11.9 Å². The Bertz CT molecular complexity index is 192. The molecule has 0 heterocycles. The van der Waals surface area contributed by atoms with Crippen molar-refractivity contribution in [2.45, 2.75) is 46.5 Å². The summed E-state index contributed by atoms with van der Waals surface area (Å²) in [6.45, 7) is 8.10. The highest BCUT2D eigenvalue weighted by atomic mass is 16.2. The third-order valence-electron chi connectivity index (χ3n) is 3.19. The number of rotatable bonds is 8. The van der Waals surface area contributed by atoms with Gasteiger partial charge in [-0.25, -0.2) is 0 Å². The summed E-state index contributed by atoms with van der Waals surface area (Å²) >= 11 is 0. The topological polar surface area (TPSA) is 46.3 Å². The maximum atomic E-state index is 11.8. The molecule has 0 saturated carbocycles. The van der Waals surface area contributed by atoms with Crippen molar-refractivity contribution in [1.29, 1.82) is 0 Å². The number of hydrogen-bond donors (Lipinski definition) is 1. The Balaban J connectivity index is 3.95. The molecule has 0 bridgehead atoms. The maximum absolute atomic E-state index is 11.8. The van der Waals surface area contributed by atoms with Crippen molar-refractivity contribution < 1.29 is 4.79 Å². The van der Waals surface area contributed by atoms with Crippen LogP contribution in [0.1, 0.15) is 46.5 Å². The first kappa shape index (κ1) is 15.4. The lowest BCUT2D eigenvalue weighted by molar-refractivity contribution is -0.130. The summed E-state index contributed by atoms with van der Waals surface area (Å²) in [6, 6.07) is 0. The Kier molecular flexibility index (Phi) is 8.26. The Morgan fingerprint density at radius 2 is 1.94 bits per heavy atom. The predicted octanol–water partition coefficient (Wildman–Crippen LogP) is 2.26. The summed E-state index contributed by atoms with van der Waals surface area (Å²) in [4.78, 5) is 13.6. The molecule has 1 amide bonds. The second-order valence-corrected chi connectivity index (χ2v) is 4.94. The van der Waals surface area contributed by atoms with Crippen LogP contribution >= 0.6 is 0 Å². The standard InChI is InChI=1S/C13H28N2O/c1-5-10-15(4)13(16)7-6-12(8-9-14)11(2)3/h11-12H,5-10,14H2,1-4H3. The van der Waals surface area contributed by atoms with E-state index in [1.165, 1.54) is 0 Å². The lowest BCUT2D eigenvalue weighted by atomic mass is 9.88. The summed E-state index contributed by atoms with van der Waals surface area (Å²) < 4.78 is 0. The molecule has 0 spiro atoms. The highest BCUT2D eigenvalue weighted by Crippen LogP contribution is 2.20. The minimum absolute atomic E-state index is 0.268. The van der Waals surface area contributed by atoms with Gasteiger partial charge in [-0.15, -0.1) is 0 Å². The molecule has 0 aliphatic rings. The van der Waals surface area contributed by atoms with Gasteiger partial charge >= 0.3 is 0 Å². The van der Waals surface area contributed by atoms with Gasteiger partial charge in [0.25, 0.3) is 0 Å². The molecule has 96 valence electrons. The van der Waals surface area contributed by atoms with Crippen LogP contribution in [-0.2, 0) is 4.79 Å². The Morgan fingerprint density at radius 1 is 1.31 bits per heavy atom. The number of nitrogens with zero attached hydrogens (tertiary/aromatic N) is 1. The van der Waals surface area contributed by atoms with E-state index in [1.54, 1.807) is 0 Å². The van der Waals surface area contributed by atoms with E-state index in [9.17, 15) is 4.79 Å². The molecule has 2 N–H and O–H groups in total. The van der Waals surface area contributed by atoms with Gasteiger partial charge in [0.05, 0.1) is 0 Å². The lowest BCUT2D eigenvalue weighted by Gasteiger charge is -2.22. The Hall–Kier alpha value is -0.570. The second-order valence-electron chi connectivity index (χ2n) is 4.94. The van der Waals surface area contributed by atoms with E-state index in [-0.39, 0.29) is 5.91 Å². The first-order chi connectivity index (χ1) is 7.52. The molecule has 0 fully saturated rings. The van der Waals surface area contributed by atoms with Gasteiger partial charge in [0.1, 0.15) is 0 Å². The first-order valence-corrected chi connectivity index (χ1v) is 6.46. The van der Waals surface area contributed by atoms with Crippen molar-refractivity contribution in [3.05, 3.63) is 0 Å². The van der Waals surface area contributed by atoms with Gasteiger partial charge in [-0.05, 0) is 37.6 Å². The van der Waals surface area contributed by atoms with Crippen LogP contribution in [0.5, 0.6) is 0 Å². The first-order valence-electron chi connectivity index (χ1n) is 6.46. The van der Waals surface area contributed by atoms with Crippen LogP contribution < -0.4 is 5.73 Å². The van der Waals surface area contributed by atoms with Crippen molar-refractivity contribution in [3.8, 4) is 0 Å². The average Bonchev–Trinajstić information content (AvgIpc) is 2.23. The highest BCUT2D eigenvalue weighted by Gasteiger charge is 2.15. The second kappa shape index (κ2) is 8.57. The van der Waals surface area contributed by atoms with E-state index >= 15 is 0 Å². The number of carbonyl (C=O) groups excluding carboxylic acids is 1. The zero-order valence-electron chi connectivity index (χ0n) is 11.3. The fourth-order valence-corrected chi connectivity index (χ4v) is 1.98. The smallest absolute Gasteiger partial charge is 0.222 e. The molecule has 0 aromatic rings. The quantitative estimate of drug-likeness (QED) is 0.692. The van der Waals surface area contributed by atoms with E-state index in [0.717, 1.165) is 32.4 Å². The fraction of sp³-hybridized carbons (Fsp3) is 0.923. The SMILES string of the molecule is CCCN(C)C(=O)CCC(CCN)C(C)C. The molecule has 1 atom stereocenters. The van der Waals surface area contributed by atoms with Gasteiger partial charge < -0.3 is 10.6 Å². The van der Waals surface area contributed by atoms with Crippen molar-refractivity contribution >= 4 is 5.91 Å². The van der Waals surface area contributed by atoms with Gasteiger partial charge in [0.15, 0.2) is 0 Å². The number of hydrogen-bond acceptors (Lipinski definition) is 2. The van der Waals surface area contributed by atoms with Crippen LogP contribution in [0.15, 0.2) is 0 Å². The van der Waals surface area contributed by atoms with Crippen LogP contribution in [0.3, 0.4) is 0 Å². The minimum atomic E-state index is 0.268. The molecule has 3 heteroatoms. The molecular weight excluding hydrogens is 200 g/mol. The van der Waals surface area contributed by atoms with Gasteiger partial charge in [-0.3, -0.25) is 4.79 Å². The average molecular weight is 228 g/mol. The summed E-state index contributed by atoms with van der Waals surface area (Å²) in [5.41, 5.74) is 5.59. The van der Waals surface area contributed by atoms with Crippen LogP contribution in [0.25, 0.3) is 0 Å². The minimum Gasteiger partial charge on any atom is -0.346 e. The van der Waals surface area contributed by atoms with Crippen LogP contribution in [0, 0.1) is 11.8 Å². The monoisotopic (exact) mass is 228 g/mol. The van der Waals surface area contributed by atoms with Gasteiger partial charge in [0.2, 0.25) is 5.91 Å². The molecule has 1 unspecified atom stereocenters. The Labute approximate surface area is 100 Å². The molecule has 0 aromatic carbocycles. The zero-order chi connectivity index (χ0) is 12.6. The van der Waals surface area contributed by atoms with Crippen LogP contribution in [-0.4, -0.2) is 30.9 Å². The largest absolute Gasteiger partial charge is 0.346 e. The zero-order valence-corrected chi connectivity index (χ0v) is 11.3. The van der Waals surface area contributed by atoms with Crippen LogP contribution in [0.4, 0.5) is 0 Å². The highest BCUT2D eigenvalue weighted by molar-refractivity contribution is 5.75. The summed E-state index contributed by atoms with van der Waals surface area (Å²) in [5, 5.41) is 0. The fourth-order valence-electron chi connectivity index (χ4n) is 1.98. The maximum Gasteiger partial charge on any atom is 0.222 e. The van der Waals surface area contributed by atoms with Gasteiger partial charge in [-0.1, -0.05) is 20.8 Å². The van der Waals surface area contributed by atoms with E-state index in [2.05, 4.69) is 20.8 Å². The van der Waals surface area contributed by atoms with Gasteiger partial charge in [0, 0.05) is 20.0 Å².